The van der Waals surface area contributed by atoms with E-state index in [0.717, 1.165) is 0 Å². The van der Waals surface area contributed by atoms with Gasteiger partial charge < -0.3 is 9.84 Å². The Kier molecular flexibility index (Phi) is 4.65. The van der Waals surface area contributed by atoms with Gasteiger partial charge in [-0.1, -0.05) is 6.92 Å². The SMILES string of the molecule is CCO/C([O-])=C/SC. The molecule has 0 aliphatic rings. The van der Waals surface area contributed by atoms with Gasteiger partial charge in [0.25, 0.3) is 0 Å². The van der Waals surface area contributed by atoms with Crippen LogP contribution in [0.3, 0.4) is 0 Å². The van der Waals surface area contributed by atoms with Crippen molar-refractivity contribution in [3.63, 3.8) is 0 Å². The topological polar surface area (TPSA) is 32.3 Å². The largest absolute Gasteiger partial charge is 0.613 e. The number of ether oxygens (including phenoxy) is 1. The highest BCUT2D eigenvalue weighted by atomic mass is 32.2. The maximum atomic E-state index is 10.3. The second-order valence-corrected chi connectivity index (χ2v) is 1.81. The molecule has 48 valence electrons. The molecule has 0 aromatic heterocycles. The van der Waals surface area contributed by atoms with Crippen molar-refractivity contribution in [1.29, 1.82) is 0 Å². The van der Waals surface area contributed by atoms with Crippen LogP contribution < -0.4 is 5.11 Å². The van der Waals surface area contributed by atoms with Crippen LogP contribution in [0, 0.1) is 0 Å². The van der Waals surface area contributed by atoms with E-state index in [1.807, 2.05) is 6.26 Å². The summed E-state index contributed by atoms with van der Waals surface area (Å²) in [7, 11) is 0. The molecule has 3 heteroatoms. The Bertz CT molecular complexity index is 80.5. The van der Waals surface area contributed by atoms with Gasteiger partial charge in [0.15, 0.2) is 0 Å². The van der Waals surface area contributed by atoms with Gasteiger partial charge in [-0.15, -0.1) is 11.8 Å². The van der Waals surface area contributed by atoms with Crippen molar-refractivity contribution in [3.05, 3.63) is 11.4 Å². The van der Waals surface area contributed by atoms with Crippen LogP contribution in [-0.2, 0) is 4.74 Å². The normalized spacial score (nSPS) is 11.5. The van der Waals surface area contributed by atoms with E-state index in [0.29, 0.717) is 6.61 Å². The highest BCUT2D eigenvalue weighted by Crippen LogP contribution is 1.97. The van der Waals surface area contributed by atoms with Crippen LogP contribution in [0.1, 0.15) is 6.92 Å². The lowest BCUT2D eigenvalue weighted by atomic mass is 10.8. The van der Waals surface area contributed by atoms with E-state index >= 15 is 0 Å². The van der Waals surface area contributed by atoms with Crippen LogP contribution in [0.2, 0.25) is 0 Å². The van der Waals surface area contributed by atoms with Crippen LogP contribution in [0.4, 0.5) is 0 Å². The molecule has 0 fully saturated rings. The predicted molar refractivity (Wildman–Crippen MR) is 33.2 cm³/mol. The molecule has 0 spiro atoms. The summed E-state index contributed by atoms with van der Waals surface area (Å²) in [5, 5.41) is 11.8. The van der Waals surface area contributed by atoms with Crippen LogP contribution in [0.25, 0.3) is 0 Å². The molecule has 0 saturated carbocycles. The lowest BCUT2D eigenvalue weighted by Crippen LogP contribution is -2.06. The second-order valence-electron chi connectivity index (χ2n) is 1.11. The summed E-state index contributed by atoms with van der Waals surface area (Å²) in [4.78, 5) is 0. The molecular formula is C5H9O2S-. The van der Waals surface area contributed by atoms with Gasteiger partial charge >= 0.3 is 0 Å². The van der Waals surface area contributed by atoms with Gasteiger partial charge in [-0.3, -0.25) is 0 Å². The van der Waals surface area contributed by atoms with Gasteiger partial charge in [0, 0.05) is 0 Å². The third kappa shape index (κ3) is 3.87. The summed E-state index contributed by atoms with van der Waals surface area (Å²) < 4.78 is 4.57. The van der Waals surface area contributed by atoms with Gasteiger partial charge in [-0.2, -0.15) is 0 Å². The maximum Gasteiger partial charge on any atom is 0.0577 e. The summed E-state index contributed by atoms with van der Waals surface area (Å²) in [6, 6.07) is 0. The van der Waals surface area contributed by atoms with Crippen molar-refractivity contribution in [3.8, 4) is 0 Å². The highest BCUT2D eigenvalue weighted by molar-refractivity contribution is 8.01. The van der Waals surface area contributed by atoms with E-state index in [2.05, 4.69) is 4.74 Å². The Balaban J connectivity index is 3.29. The Morgan fingerprint density at radius 1 is 1.88 bits per heavy atom. The number of thioether (sulfide) groups is 1. The predicted octanol–water partition coefficient (Wildman–Crippen LogP) is 0.545. The van der Waals surface area contributed by atoms with Crippen LogP contribution in [0.15, 0.2) is 11.4 Å². The van der Waals surface area contributed by atoms with Gasteiger partial charge in [-0.05, 0) is 18.3 Å². The van der Waals surface area contributed by atoms with Crippen LogP contribution in [-0.4, -0.2) is 12.9 Å². The number of rotatable bonds is 3. The molecule has 0 aromatic carbocycles. The minimum atomic E-state index is -0.250. The molecule has 0 saturated heterocycles. The molecule has 0 rings (SSSR count). The lowest BCUT2D eigenvalue weighted by Gasteiger charge is -2.10. The van der Waals surface area contributed by atoms with E-state index < -0.39 is 0 Å². The van der Waals surface area contributed by atoms with Crippen LogP contribution >= 0.6 is 11.8 Å². The number of hydrogen-bond acceptors (Lipinski definition) is 3. The van der Waals surface area contributed by atoms with E-state index in [1.54, 1.807) is 6.92 Å². The first-order chi connectivity index (χ1) is 3.81. The first kappa shape index (κ1) is 7.69. The molecule has 0 aliphatic carbocycles. The van der Waals surface area contributed by atoms with Crippen LogP contribution in [0.5, 0.6) is 0 Å². The van der Waals surface area contributed by atoms with Crippen molar-refractivity contribution in [2.75, 3.05) is 12.9 Å². The van der Waals surface area contributed by atoms with Gasteiger partial charge in [0.2, 0.25) is 0 Å². The molecular weight excluding hydrogens is 124 g/mol. The van der Waals surface area contributed by atoms with E-state index in [9.17, 15) is 5.11 Å². The smallest absolute Gasteiger partial charge is 0.0577 e. The summed E-state index contributed by atoms with van der Waals surface area (Å²) >= 11 is 1.35. The third-order valence-corrected chi connectivity index (χ3v) is 0.929. The van der Waals surface area contributed by atoms with Gasteiger partial charge in [0.05, 0.1) is 5.95 Å². The van der Waals surface area contributed by atoms with Crippen molar-refractivity contribution in [2.24, 2.45) is 0 Å². The summed E-state index contributed by atoms with van der Waals surface area (Å²) in [5.41, 5.74) is 0. The molecule has 0 heterocycles. The molecule has 0 amide bonds. The van der Waals surface area contributed by atoms with E-state index in [-0.39, 0.29) is 5.95 Å². The molecule has 0 atom stereocenters. The molecule has 0 N–H and O–H groups in total. The maximum absolute atomic E-state index is 10.3. The highest BCUT2D eigenvalue weighted by Gasteiger charge is 1.72. The van der Waals surface area contributed by atoms with Crippen molar-refractivity contribution >= 4 is 11.8 Å². The monoisotopic (exact) mass is 133 g/mol. The molecule has 0 unspecified atom stereocenters. The van der Waals surface area contributed by atoms with Gasteiger partial charge in [0.1, 0.15) is 0 Å². The molecule has 8 heavy (non-hydrogen) atoms. The van der Waals surface area contributed by atoms with E-state index in [1.165, 1.54) is 17.2 Å². The molecule has 0 radical (unpaired) electrons. The zero-order chi connectivity index (χ0) is 6.41. The van der Waals surface area contributed by atoms with Gasteiger partial charge in [-0.25, -0.2) is 0 Å². The Morgan fingerprint density at radius 3 is 2.88 bits per heavy atom. The summed E-state index contributed by atoms with van der Waals surface area (Å²) in [6.45, 7) is 2.24. The molecule has 0 aromatic rings. The third-order valence-electron chi connectivity index (χ3n) is 0.501. The average Bonchev–Trinajstić information content (AvgIpc) is 1.68. The Labute approximate surface area is 53.5 Å². The minimum absolute atomic E-state index is 0.250. The quantitative estimate of drug-likeness (QED) is 0.527. The summed E-state index contributed by atoms with van der Waals surface area (Å²) in [5.74, 6) is -0.250. The van der Waals surface area contributed by atoms with Crippen molar-refractivity contribution in [1.82, 2.24) is 0 Å². The summed E-state index contributed by atoms with van der Waals surface area (Å²) in [6.07, 6.45) is 1.82. The standard InChI is InChI=1S/C5H10O2S/c1-3-7-5(6)4-8-2/h4,6H,3H2,1-2H3/p-1/b5-4+. The first-order valence-corrected chi connectivity index (χ1v) is 3.62. The zero-order valence-electron chi connectivity index (χ0n) is 5.01. The average molecular weight is 133 g/mol. The fourth-order valence-electron chi connectivity index (χ4n) is 0.273. The molecule has 0 aliphatic heterocycles. The van der Waals surface area contributed by atoms with Crippen molar-refractivity contribution < 1.29 is 9.84 Å². The second kappa shape index (κ2) is 4.84. The molecule has 0 bridgehead atoms. The first-order valence-electron chi connectivity index (χ1n) is 2.34. The number of hydrogen-bond donors (Lipinski definition) is 0. The minimum Gasteiger partial charge on any atom is -0.613 e. The van der Waals surface area contributed by atoms with E-state index in [4.69, 9.17) is 0 Å². The van der Waals surface area contributed by atoms with Crippen molar-refractivity contribution in [2.45, 2.75) is 6.92 Å². The fraction of sp³-hybridized carbons (Fsp3) is 0.600. The Hall–Kier alpha value is -0.310. The fourth-order valence-corrected chi connectivity index (χ4v) is 0.533. The molecule has 2 nitrogen and oxygen atoms in total. The lowest BCUT2D eigenvalue weighted by molar-refractivity contribution is -0.355. The zero-order valence-corrected chi connectivity index (χ0v) is 5.83. The Morgan fingerprint density at radius 2 is 2.50 bits per heavy atom.